The third-order valence-corrected chi connectivity index (χ3v) is 11.6. The SMILES string of the molecule is C[C@]12CCCC=C1CC[C@@H]1[C@H]2CC[C@@]2(C)[C@H]1CCC2(OCC(O)CCN1CCCC1)c1ccoc1. The van der Waals surface area contributed by atoms with Gasteiger partial charge in [0.05, 0.1) is 25.2 Å². The van der Waals surface area contributed by atoms with Gasteiger partial charge in [0.1, 0.15) is 5.60 Å². The van der Waals surface area contributed by atoms with Crippen LogP contribution < -0.4 is 0 Å². The van der Waals surface area contributed by atoms with Crippen molar-refractivity contribution >= 4 is 0 Å². The Morgan fingerprint density at radius 2 is 1.91 bits per heavy atom. The van der Waals surface area contributed by atoms with Crippen LogP contribution in [0.2, 0.25) is 0 Å². The van der Waals surface area contributed by atoms with Crippen molar-refractivity contribution in [3.8, 4) is 0 Å². The van der Waals surface area contributed by atoms with Crippen LogP contribution in [0, 0.1) is 28.6 Å². The van der Waals surface area contributed by atoms with Crippen LogP contribution >= 0.6 is 0 Å². The summed E-state index contributed by atoms with van der Waals surface area (Å²) in [6, 6.07) is 2.14. The maximum absolute atomic E-state index is 10.9. The van der Waals surface area contributed by atoms with Gasteiger partial charge in [-0.15, -0.1) is 0 Å². The highest BCUT2D eigenvalue weighted by atomic mass is 16.5. The van der Waals surface area contributed by atoms with Crippen LogP contribution in [0.1, 0.15) is 96.5 Å². The third kappa shape index (κ3) is 3.89. The van der Waals surface area contributed by atoms with E-state index in [0.717, 1.165) is 31.2 Å². The summed E-state index contributed by atoms with van der Waals surface area (Å²) in [7, 11) is 0. The first-order valence-electron chi connectivity index (χ1n) is 14.7. The van der Waals surface area contributed by atoms with Gasteiger partial charge >= 0.3 is 0 Å². The number of aliphatic hydroxyl groups is 1. The molecular formula is C31H47NO3. The van der Waals surface area contributed by atoms with Crippen molar-refractivity contribution in [1.82, 2.24) is 4.90 Å². The normalized spacial score (nSPS) is 42.3. The number of hydrogen-bond donors (Lipinski definition) is 1. The lowest BCUT2D eigenvalue weighted by atomic mass is 9.46. The van der Waals surface area contributed by atoms with Crippen LogP contribution in [-0.4, -0.2) is 42.4 Å². The number of nitrogens with zero attached hydrogens (tertiary/aromatic N) is 1. The maximum atomic E-state index is 10.9. The standard InChI is InChI=1S/C31H47NO3/c1-29-14-4-3-7-23(29)8-9-26-27(29)10-15-30(2)28(26)11-16-31(30,24-13-20-34-21-24)35-22-25(33)12-19-32-17-5-6-18-32/h7,13,20-21,25-28,33H,3-6,8-12,14-19,22H2,1-2H3/t25?,26-,27-,28+,29+,30+,31?/m1/s1. The third-order valence-electron chi connectivity index (χ3n) is 11.6. The molecule has 1 aliphatic heterocycles. The van der Waals surface area contributed by atoms with Gasteiger partial charge in [-0.05, 0) is 119 Å². The Bertz CT molecular complexity index is 904. The summed E-state index contributed by atoms with van der Waals surface area (Å²) in [4.78, 5) is 2.49. The van der Waals surface area contributed by atoms with Gasteiger partial charge in [0, 0.05) is 17.5 Å². The number of ether oxygens (including phenoxy) is 1. The number of furan rings is 1. The molecule has 4 heteroatoms. The Kier molecular flexibility index (Phi) is 6.46. The minimum Gasteiger partial charge on any atom is -0.472 e. The first-order chi connectivity index (χ1) is 17.0. The molecule has 1 aromatic heterocycles. The fraction of sp³-hybridized carbons (Fsp3) is 0.806. The molecule has 4 fully saturated rings. The Hall–Kier alpha value is -1.10. The molecule has 0 bridgehead atoms. The molecule has 194 valence electrons. The molecule has 7 atom stereocenters. The largest absolute Gasteiger partial charge is 0.472 e. The minimum atomic E-state index is -0.401. The van der Waals surface area contributed by atoms with E-state index < -0.39 is 6.10 Å². The molecule has 2 unspecified atom stereocenters. The van der Waals surface area contributed by atoms with Crippen LogP contribution in [0.5, 0.6) is 0 Å². The van der Waals surface area contributed by atoms with Crippen molar-refractivity contribution in [2.24, 2.45) is 28.6 Å². The molecular weight excluding hydrogens is 434 g/mol. The number of likely N-dealkylation sites (tertiary alicyclic amines) is 1. The zero-order chi connectivity index (χ0) is 24.1. The van der Waals surface area contributed by atoms with Gasteiger partial charge in [-0.25, -0.2) is 0 Å². The highest BCUT2D eigenvalue weighted by Crippen LogP contribution is 2.70. The van der Waals surface area contributed by atoms with Crippen molar-refractivity contribution < 1.29 is 14.3 Å². The molecule has 6 rings (SSSR count). The van der Waals surface area contributed by atoms with E-state index in [2.05, 4.69) is 30.9 Å². The van der Waals surface area contributed by atoms with Crippen molar-refractivity contribution in [3.63, 3.8) is 0 Å². The first-order valence-corrected chi connectivity index (χ1v) is 14.7. The molecule has 1 N–H and O–H groups in total. The van der Waals surface area contributed by atoms with Gasteiger partial charge in [-0.3, -0.25) is 0 Å². The van der Waals surface area contributed by atoms with Crippen molar-refractivity contribution in [2.75, 3.05) is 26.2 Å². The molecule has 4 nitrogen and oxygen atoms in total. The van der Waals surface area contributed by atoms with Crippen LogP contribution in [0.25, 0.3) is 0 Å². The summed E-state index contributed by atoms with van der Waals surface area (Å²) >= 11 is 0. The first kappa shape index (κ1) is 24.2. The van der Waals surface area contributed by atoms with Crippen molar-refractivity contribution in [3.05, 3.63) is 35.8 Å². The Morgan fingerprint density at radius 3 is 2.71 bits per heavy atom. The second-order valence-electron chi connectivity index (χ2n) is 13.1. The Morgan fingerprint density at radius 1 is 1.09 bits per heavy atom. The molecule has 0 amide bonds. The van der Waals surface area contributed by atoms with Crippen LogP contribution in [0.15, 0.2) is 34.7 Å². The van der Waals surface area contributed by atoms with E-state index >= 15 is 0 Å². The number of allylic oxidation sites excluding steroid dienone is 2. The van der Waals surface area contributed by atoms with Crippen molar-refractivity contribution in [1.29, 1.82) is 0 Å². The van der Waals surface area contributed by atoms with E-state index in [0.29, 0.717) is 17.9 Å². The quantitative estimate of drug-likeness (QED) is 0.441. The molecule has 3 saturated carbocycles. The number of rotatable bonds is 7. The summed E-state index contributed by atoms with van der Waals surface area (Å²) in [5.41, 5.74) is 3.17. The number of fused-ring (bicyclic) bond motifs is 5. The topological polar surface area (TPSA) is 45.8 Å². The average molecular weight is 482 g/mol. The van der Waals surface area contributed by atoms with Gasteiger partial charge in [0.15, 0.2) is 0 Å². The summed E-state index contributed by atoms with van der Waals surface area (Å²) in [5, 5.41) is 10.9. The average Bonchev–Trinajstić information content (AvgIpc) is 3.62. The molecule has 5 aliphatic rings. The monoisotopic (exact) mass is 481 g/mol. The Balaban J connectivity index is 1.22. The fourth-order valence-corrected chi connectivity index (χ4v) is 9.70. The van der Waals surface area contributed by atoms with E-state index in [-0.39, 0.29) is 11.0 Å². The zero-order valence-corrected chi connectivity index (χ0v) is 22.1. The van der Waals surface area contributed by atoms with E-state index in [1.165, 1.54) is 82.9 Å². The molecule has 1 saturated heterocycles. The second-order valence-corrected chi connectivity index (χ2v) is 13.1. The summed E-state index contributed by atoms with van der Waals surface area (Å²) in [5.74, 6) is 2.32. The molecule has 1 aromatic rings. The van der Waals surface area contributed by atoms with E-state index in [4.69, 9.17) is 9.15 Å². The minimum absolute atomic E-state index is 0.0962. The highest BCUT2D eigenvalue weighted by molar-refractivity contribution is 5.29. The van der Waals surface area contributed by atoms with Gasteiger partial charge in [-0.1, -0.05) is 25.5 Å². The number of aliphatic hydroxyl groups excluding tert-OH is 1. The van der Waals surface area contributed by atoms with Crippen molar-refractivity contribution in [2.45, 2.75) is 103 Å². The van der Waals surface area contributed by atoms with Gasteiger partial charge in [-0.2, -0.15) is 0 Å². The van der Waals surface area contributed by atoms with Crippen LogP contribution in [-0.2, 0) is 10.3 Å². The molecule has 35 heavy (non-hydrogen) atoms. The lowest BCUT2D eigenvalue weighted by Gasteiger charge is -2.60. The predicted octanol–water partition coefficient (Wildman–Crippen LogP) is 6.69. The number of hydrogen-bond acceptors (Lipinski definition) is 4. The van der Waals surface area contributed by atoms with Crippen LogP contribution in [0.3, 0.4) is 0 Å². The molecule has 0 aromatic carbocycles. The second kappa shape index (κ2) is 9.33. The van der Waals surface area contributed by atoms with E-state index in [1.54, 1.807) is 5.57 Å². The van der Waals surface area contributed by atoms with Crippen LogP contribution in [0.4, 0.5) is 0 Å². The summed E-state index contributed by atoms with van der Waals surface area (Å²) < 4.78 is 12.6. The van der Waals surface area contributed by atoms with Gasteiger partial charge < -0.3 is 19.2 Å². The van der Waals surface area contributed by atoms with E-state index in [1.807, 2.05) is 12.5 Å². The maximum Gasteiger partial charge on any atom is 0.102 e. The molecule has 0 spiro atoms. The molecule has 4 aliphatic carbocycles. The molecule has 2 heterocycles. The Labute approximate surface area is 212 Å². The summed E-state index contributed by atoms with van der Waals surface area (Å²) in [6.07, 6.45) is 20.9. The molecule has 0 radical (unpaired) electrons. The van der Waals surface area contributed by atoms with E-state index in [9.17, 15) is 5.11 Å². The lowest BCUT2D eigenvalue weighted by molar-refractivity contribution is -0.178. The van der Waals surface area contributed by atoms with Gasteiger partial charge in [0.25, 0.3) is 0 Å². The van der Waals surface area contributed by atoms with Gasteiger partial charge in [0.2, 0.25) is 0 Å². The zero-order valence-electron chi connectivity index (χ0n) is 22.1. The highest BCUT2D eigenvalue weighted by Gasteiger charge is 2.65. The fourth-order valence-electron chi connectivity index (χ4n) is 9.70. The predicted molar refractivity (Wildman–Crippen MR) is 139 cm³/mol. The lowest BCUT2D eigenvalue weighted by Crippen LogP contribution is -2.54. The summed E-state index contributed by atoms with van der Waals surface area (Å²) in [6.45, 7) is 8.92. The smallest absolute Gasteiger partial charge is 0.102 e.